The van der Waals surface area contributed by atoms with Crippen LogP contribution < -0.4 is 9.47 Å². The van der Waals surface area contributed by atoms with Crippen molar-refractivity contribution in [2.45, 2.75) is 25.7 Å². The second-order valence-electron chi connectivity index (χ2n) is 9.27. The Kier molecular flexibility index (Phi) is 10.3. The summed E-state index contributed by atoms with van der Waals surface area (Å²) in [5, 5.41) is 4.86. The van der Waals surface area contributed by atoms with Gasteiger partial charge in [-0.3, -0.25) is 0 Å². The molecule has 0 spiro atoms. The molecule has 5 heteroatoms. The zero-order chi connectivity index (χ0) is 25.1. The highest BCUT2D eigenvalue weighted by Crippen LogP contribution is 2.45. The van der Waals surface area contributed by atoms with Gasteiger partial charge in [0.1, 0.15) is 11.5 Å². The van der Waals surface area contributed by atoms with Crippen molar-refractivity contribution in [2.75, 3.05) is 47.7 Å². The Morgan fingerprint density at radius 3 is 1.30 bits per heavy atom. The lowest BCUT2D eigenvalue weighted by molar-refractivity contribution is 0.316. The summed E-state index contributed by atoms with van der Waals surface area (Å²) >= 11 is 6.24. The maximum absolute atomic E-state index is 6.52. The normalized spacial score (nSPS) is 17.1. The van der Waals surface area contributed by atoms with E-state index in [-0.39, 0.29) is 0 Å². The number of hydrogen-bond donors (Lipinski definition) is 0. The zero-order valence-electron chi connectivity index (χ0n) is 21.5. The third kappa shape index (κ3) is 7.13. The summed E-state index contributed by atoms with van der Waals surface area (Å²) in [6.45, 7) is 1.45. The van der Waals surface area contributed by atoms with Gasteiger partial charge in [0.05, 0.1) is 13.2 Å². The van der Waals surface area contributed by atoms with Gasteiger partial charge in [0, 0.05) is 11.1 Å². The van der Waals surface area contributed by atoms with E-state index in [4.69, 9.17) is 9.47 Å². The Balaban J connectivity index is 1.51. The van der Waals surface area contributed by atoms with E-state index >= 15 is 0 Å². The summed E-state index contributed by atoms with van der Waals surface area (Å²) < 4.78 is 13.0. The van der Waals surface area contributed by atoms with E-state index in [1.807, 2.05) is 0 Å². The van der Waals surface area contributed by atoms with Crippen molar-refractivity contribution in [3.05, 3.63) is 72.8 Å². The van der Waals surface area contributed by atoms with Crippen LogP contribution in [0.4, 0.5) is 0 Å². The molecular weight excluding hydrogens is 513 g/mol. The topological polar surface area (TPSA) is 18.5 Å². The van der Waals surface area contributed by atoms with Crippen LogP contribution in [0.1, 0.15) is 25.7 Å². The van der Waals surface area contributed by atoms with E-state index < -0.39 is 0 Å². The Hall–Kier alpha value is -1.95. The molecule has 4 aromatic rings. The SMILES string of the molecule is c1ccc2c3c(ccc2c1)OCCCSCCCSCCCSCCCOc1ccc2ccccc2c1-3. The molecule has 37 heavy (non-hydrogen) atoms. The minimum absolute atomic E-state index is 0.727. The zero-order valence-corrected chi connectivity index (χ0v) is 23.9. The molecule has 1 heterocycles. The number of benzene rings is 4. The molecule has 1 aliphatic heterocycles. The molecule has 0 bridgehead atoms. The quantitative estimate of drug-likeness (QED) is 0.217. The van der Waals surface area contributed by atoms with Crippen LogP contribution in [0.2, 0.25) is 0 Å². The number of rotatable bonds is 0. The van der Waals surface area contributed by atoms with E-state index in [2.05, 4.69) is 108 Å². The highest BCUT2D eigenvalue weighted by atomic mass is 32.2. The van der Waals surface area contributed by atoms with Crippen molar-refractivity contribution in [1.29, 1.82) is 0 Å². The Labute approximate surface area is 234 Å². The number of hydrogen-bond acceptors (Lipinski definition) is 5. The third-order valence-electron chi connectivity index (χ3n) is 6.57. The first-order valence-corrected chi connectivity index (χ1v) is 16.9. The molecular formula is C32H36O2S3. The lowest BCUT2D eigenvalue weighted by Gasteiger charge is -2.20. The number of fused-ring (bicyclic) bond motifs is 7. The Bertz CT molecular complexity index is 1190. The standard InChI is InChI=1S/C32H36O2S3/c1-3-11-27-25(9-1)13-15-29-31(27)32-28-12-4-2-10-26(28)14-16-30(32)34-18-6-20-36-22-8-24-37-23-7-21-35-19-5-17-33-29/h1-4,9-16H,5-8,17-24H2. The summed E-state index contributed by atoms with van der Waals surface area (Å²) in [5.74, 6) is 9.26. The van der Waals surface area contributed by atoms with Crippen molar-refractivity contribution in [3.63, 3.8) is 0 Å². The van der Waals surface area contributed by atoms with E-state index in [9.17, 15) is 0 Å². The van der Waals surface area contributed by atoms with Crippen molar-refractivity contribution in [1.82, 2.24) is 0 Å². The molecule has 0 aromatic heterocycles. The molecule has 0 saturated heterocycles. The molecule has 0 atom stereocenters. The molecule has 2 nitrogen and oxygen atoms in total. The van der Waals surface area contributed by atoms with Gasteiger partial charge in [-0.2, -0.15) is 35.3 Å². The highest BCUT2D eigenvalue weighted by molar-refractivity contribution is 8.00. The van der Waals surface area contributed by atoms with Gasteiger partial charge in [0.15, 0.2) is 0 Å². The summed E-state index contributed by atoms with van der Waals surface area (Å²) in [7, 11) is 0. The molecule has 1 aliphatic rings. The Morgan fingerprint density at radius 2 is 0.838 bits per heavy atom. The summed E-state index contributed by atoms with van der Waals surface area (Å²) in [6, 6.07) is 26.0. The van der Waals surface area contributed by atoms with Crippen LogP contribution in [0.25, 0.3) is 32.7 Å². The van der Waals surface area contributed by atoms with E-state index in [0.717, 1.165) is 60.2 Å². The second kappa shape index (κ2) is 14.3. The molecule has 0 N–H and O–H groups in total. The Morgan fingerprint density at radius 1 is 0.432 bits per heavy atom. The van der Waals surface area contributed by atoms with Gasteiger partial charge in [-0.25, -0.2) is 0 Å². The fourth-order valence-corrected chi connectivity index (χ4v) is 7.79. The molecule has 0 fully saturated rings. The first kappa shape index (κ1) is 26.6. The van der Waals surface area contributed by atoms with Gasteiger partial charge in [-0.15, -0.1) is 0 Å². The monoisotopic (exact) mass is 548 g/mol. The molecule has 4 aromatic carbocycles. The fourth-order valence-electron chi connectivity index (χ4n) is 4.78. The molecule has 194 valence electrons. The highest BCUT2D eigenvalue weighted by Gasteiger charge is 2.19. The van der Waals surface area contributed by atoms with E-state index in [0.29, 0.717) is 0 Å². The predicted molar refractivity (Wildman–Crippen MR) is 168 cm³/mol. The molecule has 0 amide bonds. The summed E-state index contributed by atoms with van der Waals surface area (Å²) in [5.41, 5.74) is 2.30. The maximum atomic E-state index is 6.52. The molecule has 0 radical (unpaired) electrons. The van der Waals surface area contributed by atoms with Gasteiger partial charge in [-0.05, 0) is 93.9 Å². The second-order valence-corrected chi connectivity index (χ2v) is 12.9. The average Bonchev–Trinajstić information content (AvgIpc) is 2.94. The van der Waals surface area contributed by atoms with E-state index in [1.54, 1.807) is 0 Å². The lowest BCUT2D eigenvalue weighted by Crippen LogP contribution is -2.03. The van der Waals surface area contributed by atoms with Crippen LogP contribution in [-0.4, -0.2) is 47.7 Å². The number of thioether (sulfide) groups is 3. The van der Waals surface area contributed by atoms with Gasteiger partial charge >= 0.3 is 0 Å². The number of ether oxygens (including phenoxy) is 2. The summed E-state index contributed by atoms with van der Waals surface area (Å²) in [6.07, 6.45) is 4.72. The summed E-state index contributed by atoms with van der Waals surface area (Å²) in [4.78, 5) is 0. The minimum Gasteiger partial charge on any atom is -0.493 e. The van der Waals surface area contributed by atoms with Crippen molar-refractivity contribution in [3.8, 4) is 22.6 Å². The smallest absolute Gasteiger partial charge is 0.127 e. The third-order valence-corrected chi connectivity index (χ3v) is 10.0. The van der Waals surface area contributed by atoms with Crippen LogP contribution in [-0.2, 0) is 0 Å². The van der Waals surface area contributed by atoms with Crippen LogP contribution in [0.3, 0.4) is 0 Å². The lowest BCUT2D eigenvalue weighted by atomic mass is 9.92. The maximum Gasteiger partial charge on any atom is 0.127 e. The van der Waals surface area contributed by atoms with Crippen LogP contribution in [0, 0.1) is 0 Å². The van der Waals surface area contributed by atoms with Gasteiger partial charge < -0.3 is 9.47 Å². The predicted octanol–water partition coefficient (Wildman–Crippen LogP) is 9.19. The van der Waals surface area contributed by atoms with Crippen molar-refractivity contribution >= 4 is 56.8 Å². The van der Waals surface area contributed by atoms with Crippen LogP contribution in [0.5, 0.6) is 11.5 Å². The first-order valence-electron chi connectivity index (χ1n) is 13.4. The van der Waals surface area contributed by atoms with Crippen molar-refractivity contribution in [2.24, 2.45) is 0 Å². The first-order chi connectivity index (χ1) is 18.4. The van der Waals surface area contributed by atoms with Gasteiger partial charge in [0.2, 0.25) is 0 Å². The van der Waals surface area contributed by atoms with Gasteiger partial charge in [0.25, 0.3) is 0 Å². The molecule has 0 aliphatic carbocycles. The van der Waals surface area contributed by atoms with Gasteiger partial charge in [-0.1, -0.05) is 60.7 Å². The van der Waals surface area contributed by atoms with E-state index in [1.165, 1.54) is 57.4 Å². The fraction of sp³-hybridized carbons (Fsp3) is 0.375. The molecule has 0 saturated carbocycles. The van der Waals surface area contributed by atoms with Crippen LogP contribution in [0.15, 0.2) is 72.8 Å². The molecule has 5 rings (SSSR count). The average molecular weight is 549 g/mol. The minimum atomic E-state index is 0.727. The van der Waals surface area contributed by atoms with Crippen molar-refractivity contribution < 1.29 is 9.47 Å². The largest absolute Gasteiger partial charge is 0.493 e. The molecule has 0 unspecified atom stereocenters. The van der Waals surface area contributed by atoms with Crippen LogP contribution >= 0.6 is 35.3 Å².